The molecule has 2 aliphatic carbocycles. The van der Waals surface area contributed by atoms with Gasteiger partial charge in [-0.15, -0.1) is 11.3 Å². The molecule has 0 spiro atoms. The number of hydrogen-bond acceptors (Lipinski definition) is 5. The highest BCUT2D eigenvalue weighted by atomic mass is 32.1. The van der Waals surface area contributed by atoms with Crippen molar-refractivity contribution in [3.8, 4) is 0 Å². The molecule has 158 valence electrons. The van der Waals surface area contributed by atoms with Crippen molar-refractivity contribution in [1.82, 2.24) is 0 Å². The molecule has 2 aliphatic rings. The number of amides is 2. The number of primary amides is 1. The molecule has 29 heavy (non-hydrogen) atoms. The third-order valence-corrected chi connectivity index (χ3v) is 8.01. The number of carboxylic acids is 1. The van der Waals surface area contributed by atoms with Crippen LogP contribution in [0.3, 0.4) is 0 Å². The molecule has 0 bridgehead atoms. The molecule has 6 nitrogen and oxygen atoms in total. The Morgan fingerprint density at radius 3 is 2.48 bits per heavy atom. The van der Waals surface area contributed by atoms with Gasteiger partial charge in [0.25, 0.3) is 5.91 Å². The lowest BCUT2D eigenvalue weighted by atomic mass is 9.69. The number of fused-ring (bicyclic) bond motifs is 1. The molecule has 0 saturated carbocycles. The van der Waals surface area contributed by atoms with Crippen molar-refractivity contribution in [2.24, 2.45) is 28.9 Å². The maximum Gasteiger partial charge on any atom is 0.251 e. The summed E-state index contributed by atoms with van der Waals surface area (Å²) in [6, 6.07) is 0. The van der Waals surface area contributed by atoms with Crippen molar-refractivity contribution in [2.75, 3.05) is 5.32 Å². The van der Waals surface area contributed by atoms with E-state index in [0.29, 0.717) is 22.9 Å². The van der Waals surface area contributed by atoms with Gasteiger partial charge in [0.05, 0.1) is 11.5 Å². The lowest BCUT2D eigenvalue weighted by Gasteiger charge is -2.36. The van der Waals surface area contributed by atoms with E-state index in [1.807, 2.05) is 6.08 Å². The molecule has 3 atom stereocenters. The summed E-state index contributed by atoms with van der Waals surface area (Å²) in [5, 5.41) is 14.7. The van der Waals surface area contributed by atoms with Crippen molar-refractivity contribution in [2.45, 2.75) is 59.3 Å². The number of carbonyl (C=O) groups is 3. The zero-order valence-corrected chi connectivity index (χ0v) is 18.1. The second-order valence-corrected chi connectivity index (χ2v) is 9.92. The van der Waals surface area contributed by atoms with Gasteiger partial charge >= 0.3 is 0 Å². The van der Waals surface area contributed by atoms with Gasteiger partial charge in [0.15, 0.2) is 0 Å². The number of carbonyl (C=O) groups excluding carboxylic acids is 3. The molecule has 0 aliphatic heterocycles. The molecule has 7 heteroatoms. The fourth-order valence-electron chi connectivity index (χ4n) is 4.46. The molecular formula is C22H29N2O4S-. The average Bonchev–Trinajstić information content (AvgIpc) is 3.04. The topological polar surface area (TPSA) is 112 Å². The van der Waals surface area contributed by atoms with Gasteiger partial charge in [-0.25, -0.2) is 0 Å². The number of anilines is 1. The van der Waals surface area contributed by atoms with E-state index < -0.39 is 29.6 Å². The first-order chi connectivity index (χ1) is 13.7. The highest BCUT2D eigenvalue weighted by Crippen LogP contribution is 2.45. The minimum absolute atomic E-state index is 0.202. The average molecular weight is 418 g/mol. The third-order valence-electron chi connectivity index (χ3n) is 6.84. The molecule has 1 aromatic rings. The maximum atomic E-state index is 12.9. The first-order valence-electron chi connectivity index (χ1n) is 10.3. The van der Waals surface area contributed by atoms with Crippen molar-refractivity contribution in [1.29, 1.82) is 0 Å². The molecule has 1 aromatic heterocycles. The molecule has 0 aromatic carbocycles. The summed E-state index contributed by atoms with van der Waals surface area (Å²) >= 11 is 1.41. The van der Waals surface area contributed by atoms with E-state index in [2.05, 4.69) is 26.1 Å². The molecule has 3 N–H and O–H groups in total. The second-order valence-electron chi connectivity index (χ2n) is 8.82. The number of hydrogen-bond donors (Lipinski definition) is 2. The molecule has 3 rings (SSSR count). The van der Waals surface area contributed by atoms with Crippen molar-refractivity contribution < 1.29 is 19.5 Å². The molecule has 0 unspecified atom stereocenters. The van der Waals surface area contributed by atoms with Gasteiger partial charge in [-0.2, -0.15) is 0 Å². The highest BCUT2D eigenvalue weighted by Gasteiger charge is 2.36. The van der Waals surface area contributed by atoms with Crippen LogP contribution in [0.5, 0.6) is 0 Å². The summed E-state index contributed by atoms with van der Waals surface area (Å²) in [4.78, 5) is 37.6. The summed E-state index contributed by atoms with van der Waals surface area (Å²) in [5.74, 6) is -3.23. The number of thiophene rings is 1. The van der Waals surface area contributed by atoms with Gasteiger partial charge in [0, 0.05) is 16.8 Å². The van der Waals surface area contributed by atoms with E-state index >= 15 is 0 Å². The highest BCUT2D eigenvalue weighted by molar-refractivity contribution is 7.17. The Bertz CT molecular complexity index is 855. The largest absolute Gasteiger partial charge is 0.550 e. The van der Waals surface area contributed by atoms with E-state index in [9.17, 15) is 19.5 Å². The van der Waals surface area contributed by atoms with Gasteiger partial charge in [-0.1, -0.05) is 39.3 Å². The van der Waals surface area contributed by atoms with E-state index in [1.165, 1.54) is 11.3 Å². The van der Waals surface area contributed by atoms with E-state index in [-0.39, 0.29) is 11.8 Å². The van der Waals surface area contributed by atoms with Gasteiger partial charge in [-0.05, 0) is 49.0 Å². The van der Waals surface area contributed by atoms with Crippen LogP contribution in [0, 0.1) is 23.2 Å². The summed E-state index contributed by atoms with van der Waals surface area (Å²) in [6.07, 6.45) is 7.88. The lowest BCUT2D eigenvalue weighted by molar-refractivity contribution is -0.313. The van der Waals surface area contributed by atoms with Gasteiger partial charge < -0.3 is 21.0 Å². The van der Waals surface area contributed by atoms with Crippen LogP contribution < -0.4 is 16.2 Å². The maximum absolute atomic E-state index is 12.9. The fraction of sp³-hybridized carbons (Fsp3) is 0.591. The Morgan fingerprint density at radius 1 is 1.24 bits per heavy atom. The Hall–Kier alpha value is -2.15. The first kappa shape index (κ1) is 21.6. The van der Waals surface area contributed by atoms with Crippen molar-refractivity contribution >= 4 is 34.1 Å². The van der Waals surface area contributed by atoms with Gasteiger partial charge in [-0.3, -0.25) is 9.59 Å². The van der Waals surface area contributed by atoms with Crippen LogP contribution in [0.1, 0.15) is 67.3 Å². The van der Waals surface area contributed by atoms with E-state index in [1.54, 1.807) is 6.08 Å². The predicted octanol–water partition coefficient (Wildman–Crippen LogP) is 2.66. The normalized spacial score (nSPS) is 24.0. The van der Waals surface area contributed by atoms with Crippen LogP contribution in [0.4, 0.5) is 5.00 Å². The fourth-order valence-corrected chi connectivity index (χ4v) is 5.80. The quantitative estimate of drug-likeness (QED) is 0.693. The second kappa shape index (κ2) is 8.30. The standard InChI is InChI=1S/C22H30N2O4S/c1-4-22(2,3)12-9-10-15-16(11-12)29-20(17(15)18(23)25)24-19(26)13-7-5-6-8-14(13)21(27)28/h5-6,12-14H,4,7-11H2,1-3H3,(H2,23,25)(H,24,26)(H,27,28)/p-1/t12-,13-,14+/m1/s1. The Balaban J connectivity index is 1.87. The van der Waals surface area contributed by atoms with E-state index in [0.717, 1.165) is 36.1 Å². The zero-order valence-electron chi connectivity index (χ0n) is 17.2. The van der Waals surface area contributed by atoms with Gasteiger partial charge in [0.2, 0.25) is 5.91 Å². The summed E-state index contributed by atoms with van der Waals surface area (Å²) in [5.41, 5.74) is 7.20. The van der Waals surface area contributed by atoms with Crippen LogP contribution in [-0.2, 0) is 22.4 Å². The van der Waals surface area contributed by atoms with Crippen molar-refractivity contribution in [3.05, 3.63) is 28.2 Å². The number of allylic oxidation sites excluding steroid dienone is 2. The predicted molar refractivity (Wildman–Crippen MR) is 111 cm³/mol. The Kier molecular flexibility index (Phi) is 6.17. The van der Waals surface area contributed by atoms with Crippen molar-refractivity contribution in [3.63, 3.8) is 0 Å². The summed E-state index contributed by atoms with van der Waals surface area (Å²) in [6.45, 7) is 6.73. The van der Waals surface area contributed by atoms with Crippen LogP contribution in [0.25, 0.3) is 0 Å². The Labute approximate surface area is 175 Å². The third kappa shape index (κ3) is 4.25. The molecule has 1 heterocycles. The van der Waals surface area contributed by atoms with Crippen LogP contribution in [-0.4, -0.2) is 17.8 Å². The minimum atomic E-state index is -1.22. The lowest BCUT2D eigenvalue weighted by Crippen LogP contribution is -2.41. The summed E-state index contributed by atoms with van der Waals surface area (Å²) < 4.78 is 0. The van der Waals surface area contributed by atoms with Crippen LogP contribution in [0.15, 0.2) is 12.2 Å². The number of nitrogens with one attached hydrogen (secondary N) is 1. The number of nitrogens with two attached hydrogens (primary N) is 1. The summed E-state index contributed by atoms with van der Waals surface area (Å²) in [7, 11) is 0. The SMILES string of the molecule is CCC(C)(C)[C@@H]1CCc2c(sc(NC(=O)[C@@H]3CC=CC[C@@H]3C(=O)[O-])c2C(N)=O)C1. The molecular weight excluding hydrogens is 388 g/mol. The van der Waals surface area contributed by atoms with Crippen LogP contribution >= 0.6 is 11.3 Å². The zero-order chi connectivity index (χ0) is 21.3. The molecule has 0 fully saturated rings. The van der Waals surface area contributed by atoms with Crippen LogP contribution in [0.2, 0.25) is 0 Å². The molecule has 2 amide bonds. The Morgan fingerprint density at radius 2 is 1.90 bits per heavy atom. The minimum Gasteiger partial charge on any atom is -0.550 e. The smallest absolute Gasteiger partial charge is 0.251 e. The number of carboxylic acid groups (broad SMARTS) is 1. The van der Waals surface area contributed by atoms with Gasteiger partial charge in [0.1, 0.15) is 5.00 Å². The molecule has 0 radical (unpaired) electrons. The number of aliphatic carboxylic acids is 1. The van der Waals surface area contributed by atoms with E-state index in [4.69, 9.17) is 5.73 Å². The monoisotopic (exact) mass is 417 g/mol. The number of rotatable bonds is 6. The first-order valence-corrected chi connectivity index (χ1v) is 11.1. The molecule has 0 saturated heterocycles.